The SMILES string of the molecule is COc1ccc(CN2CCC(NC(=O)C3(CN)CCOCC3)C2=O)cc1. The van der Waals surface area contributed by atoms with E-state index in [1.54, 1.807) is 12.0 Å². The van der Waals surface area contributed by atoms with E-state index in [4.69, 9.17) is 15.2 Å². The second-order valence-electron chi connectivity index (χ2n) is 7.02. The second-order valence-corrected chi connectivity index (χ2v) is 7.02. The normalized spacial score (nSPS) is 22.3. The molecule has 3 rings (SSSR count). The molecule has 7 nitrogen and oxygen atoms in total. The van der Waals surface area contributed by atoms with Crippen molar-refractivity contribution in [1.82, 2.24) is 10.2 Å². The Balaban J connectivity index is 1.58. The molecule has 2 aliphatic heterocycles. The summed E-state index contributed by atoms with van der Waals surface area (Å²) in [5.74, 6) is 0.636. The molecule has 2 aliphatic rings. The molecule has 142 valence electrons. The molecule has 0 spiro atoms. The summed E-state index contributed by atoms with van der Waals surface area (Å²) in [7, 11) is 1.62. The van der Waals surface area contributed by atoms with Crippen LogP contribution in [0.3, 0.4) is 0 Å². The Bertz CT molecular complexity index is 641. The highest BCUT2D eigenvalue weighted by molar-refractivity contribution is 5.91. The van der Waals surface area contributed by atoms with Crippen LogP contribution in [-0.4, -0.2) is 56.2 Å². The van der Waals surface area contributed by atoms with Gasteiger partial charge in [-0.05, 0) is 37.0 Å². The number of carbonyl (C=O) groups is 2. The number of likely N-dealkylation sites (tertiary alicyclic amines) is 1. The zero-order valence-electron chi connectivity index (χ0n) is 15.2. The van der Waals surface area contributed by atoms with Crippen LogP contribution in [0, 0.1) is 5.41 Å². The fourth-order valence-electron chi connectivity index (χ4n) is 3.58. The maximum Gasteiger partial charge on any atom is 0.245 e. The number of amides is 2. The number of ether oxygens (including phenoxy) is 2. The number of nitrogens with two attached hydrogens (primary N) is 1. The summed E-state index contributed by atoms with van der Waals surface area (Å²) in [6, 6.07) is 7.19. The first-order valence-electron chi connectivity index (χ1n) is 9.08. The topological polar surface area (TPSA) is 93.9 Å². The molecule has 3 N–H and O–H groups in total. The fourth-order valence-corrected chi connectivity index (χ4v) is 3.58. The largest absolute Gasteiger partial charge is 0.497 e. The van der Waals surface area contributed by atoms with Crippen molar-refractivity contribution in [1.29, 1.82) is 0 Å². The van der Waals surface area contributed by atoms with E-state index in [1.165, 1.54) is 0 Å². The highest BCUT2D eigenvalue weighted by Crippen LogP contribution is 2.30. The van der Waals surface area contributed by atoms with Crippen molar-refractivity contribution in [3.8, 4) is 5.75 Å². The summed E-state index contributed by atoms with van der Waals surface area (Å²) < 4.78 is 10.5. The molecular weight excluding hydrogens is 334 g/mol. The third-order valence-corrected chi connectivity index (χ3v) is 5.46. The van der Waals surface area contributed by atoms with Crippen molar-refractivity contribution >= 4 is 11.8 Å². The average Bonchev–Trinajstić information content (AvgIpc) is 3.02. The molecule has 0 aliphatic carbocycles. The minimum atomic E-state index is -0.609. The van der Waals surface area contributed by atoms with Crippen LogP contribution in [0.15, 0.2) is 24.3 Å². The third-order valence-electron chi connectivity index (χ3n) is 5.46. The molecule has 2 heterocycles. The van der Waals surface area contributed by atoms with E-state index in [0.29, 0.717) is 45.6 Å². The Kier molecular flexibility index (Phi) is 5.78. The van der Waals surface area contributed by atoms with Crippen LogP contribution in [0.2, 0.25) is 0 Å². The molecule has 2 amide bonds. The summed E-state index contributed by atoms with van der Waals surface area (Å²) in [6.45, 7) is 2.51. The smallest absolute Gasteiger partial charge is 0.245 e. The van der Waals surface area contributed by atoms with Gasteiger partial charge in [-0.15, -0.1) is 0 Å². The first-order valence-corrected chi connectivity index (χ1v) is 9.08. The lowest BCUT2D eigenvalue weighted by atomic mass is 9.79. The van der Waals surface area contributed by atoms with E-state index in [-0.39, 0.29) is 18.4 Å². The van der Waals surface area contributed by atoms with E-state index >= 15 is 0 Å². The average molecular weight is 361 g/mol. The van der Waals surface area contributed by atoms with E-state index in [0.717, 1.165) is 11.3 Å². The first-order chi connectivity index (χ1) is 12.6. The highest BCUT2D eigenvalue weighted by Gasteiger charge is 2.42. The summed E-state index contributed by atoms with van der Waals surface area (Å²) in [4.78, 5) is 27.2. The lowest BCUT2D eigenvalue weighted by Crippen LogP contribution is -2.53. The van der Waals surface area contributed by atoms with Gasteiger partial charge in [0.05, 0.1) is 12.5 Å². The number of hydrogen-bond donors (Lipinski definition) is 2. The van der Waals surface area contributed by atoms with Crippen molar-refractivity contribution in [3.05, 3.63) is 29.8 Å². The number of benzene rings is 1. The van der Waals surface area contributed by atoms with Crippen LogP contribution in [0.4, 0.5) is 0 Å². The summed E-state index contributed by atoms with van der Waals surface area (Å²) >= 11 is 0. The lowest BCUT2D eigenvalue weighted by molar-refractivity contribution is -0.140. The Labute approximate surface area is 153 Å². The van der Waals surface area contributed by atoms with Crippen molar-refractivity contribution < 1.29 is 19.1 Å². The van der Waals surface area contributed by atoms with Gasteiger partial charge < -0.3 is 25.4 Å². The number of carbonyl (C=O) groups excluding carboxylic acids is 2. The Morgan fingerprint density at radius 1 is 1.35 bits per heavy atom. The molecule has 0 aromatic heterocycles. The zero-order valence-corrected chi connectivity index (χ0v) is 15.2. The highest BCUT2D eigenvalue weighted by atomic mass is 16.5. The molecule has 2 fully saturated rings. The predicted molar refractivity (Wildman–Crippen MR) is 96.5 cm³/mol. The maximum atomic E-state index is 12.8. The van der Waals surface area contributed by atoms with Gasteiger partial charge in [0.25, 0.3) is 0 Å². The van der Waals surface area contributed by atoms with Crippen LogP contribution in [0.25, 0.3) is 0 Å². The third kappa shape index (κ3) is 3.83. The van der Waals surface area contributed by atoms with Crippen LogP contribution in [0.5, 0.6) is 5.75 Å². The van der Waals surface area contributed by atoms with Crippen LogP contribution in [-0.2, 0) is 20.9 Å². The van der Waals surface area contributed by atoms with Gasteiger partial charge in [-0.2, -0.15) is 0 Å². The number of methoxy groups -OCH3 is 1. The predicted octanol–water partition coefficient (Wildman–Crippen LogP) is 0.668. The molecule has 1 atom stereocenters. The molecule has 1 aromatic rings. The van der Waals surface area contributed by atoms with Crippen LogP contribution >= 0.6 is 0 Å². The summed E-state index contributed by atoms with van der Waals surface area (Å²) in [5, 5.41) is 2.94. The Morgan fingerprint density at radius 3 is 2.65 bits per heavy atom. The fraction of sp³-hybridized carbons (Fsp3) is 0.579. The molecule has 0 bridgehead atoms. The van der Waals surface area contributed by atoms with Crippen LogP contribution < -0.4 is 15.8 Å². The monoisotopic (exact) mass is 361 g/mol. The second kappa shape index (κ2) is 8.05. The van der Waals surface area contributed by atoms with Gasteiger partial charge >= 0.3 is 0 Å². The molecule has 7 heteroatoms. The van der Waals surface area contributed by atoms with Gasteiger partial charge in [0.2, 0.25) is 11.8 Å². The van der Waals surface area contributed by atoms with Crippen molar-refractivity contribution in [2.24, 2.45) is 11.1 Å². The van der Waals surface area contributed by atoms with E-state index < -0.39 is 11.5 Å². The molecular formula is C19H27N3O4. The van der Waals surface area contributed by atoms with Gasteiger partial charge in [0.1, 0.15) is 11.8 Å². The molecule has 0 radical (unpaired) electrons. The van der Waals surface area contributed by atoms with Gasteiger partial charge in [-0.1, -0.05) is 12.1 Å². The standard InChI is InChI=1S/C19H27N3O4/c1-25-15-4-2-14(3-5-15)12-22-9-6-16(17(22)23)21-18(24)19(13-20)7-10-26-11-8-19/h2-5,16H,6-13,20H2,1H3,(H,21,24). The maximum absolute atomic E-state index is 12.8. The zero-order chi connectivity index (χ0) is 18.6. The number of nitrogens with one attached hydrogen (secondary N) is 1. The van der Waals surface area contributed by atoms with Gasteiger partial charge in [0, 0.05) is 32.8 Å². The first kappa shape index (κ1) is 18.7. The van der Waals surface area contributed by atoms with E-state index in [2.05, 4.69) is 5.32 Å². The molecule has 26 heavy (non-hydrogen) atoms. The van der Waals surface area contributed by atoms with Gasteiger partial charge in [-0.25, -0.2) is 0 Å². The quantitative estimate of drug-likeness (QED) is 0.777. The lowest BCUT2D eigenvalue weighted by Gasteiger charge is -2.35. The number of nitrogens with zero attached hydrogens (tertiary/aromatic N) is 1. The van der Waals surface area contributed by atoms with Gasteiger partial charge in [-0.3, -0.25) is 9.59 Å². The number of hydrogen-bond acceptors (Lipinski definition) is 5. The molecule has 1 aromatic carbocycles. The molecule has 1 unspecified atom stereocenters. The Hall–Kier alpha value is -2.12. The minimum Gasteiger partial charge on any atom is -0.497 e. The molecule has 0 saturated carbocycles. The minimum absolute atomic E-state index is 0.0339. The Morgan fingerprint density at radius 2 is 2.04 bits per heavy atom. The van der Waals surface area contributed by atoms with Crippen molar-refractivity contribution in [2.75, 3.05) is 33.4 Å². The van der Waals surface area contributed by atoms with Gasteiger partial charge in [0.15, 0.2) is 0 Å². The van der Waals surface area contributed by atoms with E-state index in [1.807, 2.05) is 24.3 Å². The van der Waals surface area contributed by atoms with E-state index in [9.17, 15) is 9.59 Å². The van der Waals surface area contributed by atoms with Crippen molar-refractivity contribution in [2.45, 2.75) is 31.8 Å². The molecule has 2 saturated heterocycles. The van der Waals surface area contributed by atoms with Crippen molar-refractivity contribution in [3.63, 3.8) is 0 Å². The number of rotatable bonds is 6. The summed E-state index contributed by atoms with van der Waals surface area (Å²) in [6.07, 6.45) is 1.83. The van der Waals surface area contributed by atoms with Crippen LogP contribution in [0.1, 0.15) is 24.8 Å². The summed E-state index contributed by atoms with van der Waals surface area (Å²) in [5.41, 5.74) is 6.31.